The van der Waals surface area contributed by atoms with Crippen LogP contribution in [0.3, 0.4) is 0 Å². The zero-order chi connectivity index (χ0) is 19.6. The first-order valence-electron chi connectivity index (χ1n) is 9.59. The predicted octanol–water partition coefficient (Wildman–Crippen LogP) is 2.66. The molecule has 0 atom stereocenters. The Morgan fingerprint density at radius 2 is 1.82 bits per heavy atom. The molecule has 1 heterocycles. The minimum atomic E-state index is 0.0319. The van der Waals surface area contributed by atoms with Crippen LogP contribution in [-0.2, 0) is 19.6 Å². The summed E-state index contributed by atoms with van der Waals surface area (Å²) >= 11 is 0. The first kappa shape index (κ1) is 19.6. The topological polar surface area (TPSA) is 74.5 Å². The van der Waals surface area contributed by atoms with Crippen LogP contribution in [0.15, 0.2) is 72.0 Å². The molecule has 0 bridgehead atoms. The maximum atomic E-state index is 9.45. The van der Waals surface area contributed by atoms with Gasteiger partial charge in [-0.1, -0.05) is 36.4 Å². The number of rotatable bonds is 8. The predicted molar refractivity (Wildman–Crippen MR) is 112 cm³/mol. The zero-order valence-electron chi connectivity index (χ0n) is 16.2. The number of aliphatic hydroxyl groups is 1. The highest BCUT2D eigenvalue weighted by atomic mass is 16.3. The van der Waals surface area contributed by atoms with Gasteiger partial charge in [0.1, 0.15) is 0 Å². The number of aromatic nitrogens is 2. The molecule has 6 nitrogen and oxygen atoms in total. The quantitative estimate of drug-likeness (QED) is 0.417. The number of aliphatic hydroxyl groups excluding tert-OH is 1. The lowest BCUT2D eigenvalue weighted by atomic mass is 10.1. The van der Waals surface area contributed by atoms with Gasteiger partial charge in [0.2, 0.25) is 0 Å². The van der Waals surface area contributed by atoms with Crippen molar-refractivity contribution in [1.82, 2.24) is 20.4 Å². The standard InChI is InChI=1S/C22H27N5O/c1-2-23-22(25-16-19-6-3-4-7-20(19)17-28)24-14-12-18-8-10-21(11-9-18)27-15-5-13-26-27/h3-11,13,15,28H,2,12,14,16-17H2,1H3,(H2,23,24,25). The summed E-state index contributed by atoms with van der Waals surface area (Å²) in [6.07, 6.45) is 4.61. The summed E-state index contributed by atoms with van der Waals surface area (Å²) in [5.41, 5.74) is 4.26. The molecule has 3 aromatic rings. The molecule has 28 heavy (non-hydrogen) atoms. The normalized spacial score (nSPS) is 11.4. The van der Waals surface area contributed by atoms with Crippen LogP contribution in [0.4, 0.5) is 0 Å². The molecule has 0 amide bonds. The van der Waals surface area contributed by atoms with E-state index in [4.69, 9.17) is 0 Å². The molecule has 3 N–H and O–H groups in total. The van der Waals surface area contributed by atoms with Gasteiger partial charge in [0.05, 0.1) is 18.8 Å². The first-order chi connectivity index (χ1) is 13.8. The SMILES string of the molecule is CCNC(=NCc1ccccc1CO)NCCc1ccc(-n2cccn2)cc1. The van der Waals surface area contributed by atoms with Gasteiger partial charge in [0.15, 0.2) is 5.96 Å². The molecule has 0 fully saturated rings. The summed E-state index contributed by atoms with van der Waals surface area (Å²) in [5, 5.41) is 20.3. The van der Waals surface area contributed by atoms with Crippen molar-refractivity contribution in [3.8, 4) is 5.69 Å². The zero-order valence-corrected chi connectivity index (χ0v) is 16.2. The maximum absolute atomic E-state index is 9.45. The number of aliphatic imine (C=N–C) groups is 1. The molecule has 3 rings (SSSR count). The van der Waals surface area contributed by atoms with E-state index in [-0.39, 0.29) is 6.61 Å². The molecule has 0 saturated heterocycles. The number of nitrogens with one attached hydrogen (secondary N) is 2. The van der Waals surface area contributed by atoms with E-state index in [0.717, 1.165) is 42.3 Å². The van der Waals surface area contributed by atoms with Gasteiger partial charge in [-0.15, -0.1) is 0 Å². The number of nitrogens with zero attached hydrogens (tertiary/aromatic N) is 3. The number of benzene rings is 2. The highest BCUT2D eigenvalue weighted by Crippen LogP contribution is 2.10. The Kier molecular flexibility index (Phi) is 7.21. The van der Waals surface area contributed by atoms with Crippen molar-refractivity contribution in [2.45, 2.75) is 26.5 Å². The average Bonchev–Trinajstić information content (AvgIpc) is 3.27. The molecule has 0 spiro atoms. The second-order valence-corrected chi connectivity index (χ2v) is 6.42. The lowest BCUT2D eigenvalue weighted by Crippen LogP contribution is -2.38. The summed E-state index contributed by atoms with van der Waals surface area (Å²) in [6, 6.07) is 18.1. The van der Waals surface area contributed by atoms with Gasteiger partial charge in [-0.05, 0) is 48.2 Å². The second-order valence-electron chi connectivity index (χ2n) is 6.42. The van der Waals surface area contributed by atoms with Crippen molar-refractivity contribution in [1.29, 1.82) is 0 Å². The van der Waals surface area contributed by atoms with Crippen LogP contribution < -0.4 is 10.6 Å². The van der Waals surface area contributed by atoms with Crippen molar-refractivity contribution >= 4 is 5.96 Å². The molecular weight excluding hydrogens is 350 g/mol. The summed E-state index contributed by atoms with van der Waals surface area (Å²) in [4.78, 5) is 4.64. The fourth-order valence-corrected chi connectivity index (χ4v) is 2.93. The smallest absolute Gasteiger partial charge is 0.191 e. The third-order valence-electron chi connectivity index (χ3n) is 4.45. The molecule has 0 unspecified atom stereocenters. The Hall–Kier alpha value is -3.12. The molecule has 2 aromatic carbocycles. The minimum Gasteiger partial charge on any atom is -0.392 e. The van der Waals surface area contributed by atoms with Gasteiger partial charge in [0.25, 0.3) is 0 Å². The summed E-state index contributed by atoms with van der Waals surface area (Å²) < 4.78 is 1.85. The van der Waals surface area contributed by atoms with Crippen molar-refractivity contribution in [2.24, 2.45) is 4.99 Å². The Morgan fingerprint density at radius 1 is 1.04 bits per heavy atom. The average molecular weight is 377 g/mol. The van der Waals surface area contributed by atoms with Crippen molar-refractivity contribution in [3.05, 3.63) is 83.7 Å². The van der Waals surface area contributed by atoms with Crippen LogP contribution in [0.2, 0.25) is 0 Å². The molecule has 0 aliphatic carbocycles. The number of hydrogen-bond donors (Lipinski definition) is 3. The van der Waals surface area contributed by atoms with E-state index in [9.17, 15) is 5.11 Å². The van der Waals surface area contributed by atoms with Crippen molar-refractivity contribution in [2.75, 3.05) is 13.1 Å². The Balaban J connectivity index is 1.54. The summed E-state index contributed by atoms with van der Waals surface area (Å²) in [5.74, 6) is 0.781. The van der Waals surface area contributed by atoms with Gasteiger partial charge < -0.3 is 15.7 Å². The van der Waals surface area contributed by atoms with Gasteiger partial charge in [-0.25, -0.2) is 9.67 Å². The van der Waals surface area contributed by atoms with E-state index in [0.29, 0.717) is 6.54 Å². The molecule has 6 heteroatoms. The van der Waals surface area contributed by atoms with Crippen LogP contribution in [0.25, 0.3) is 5.69 Å². The molecule has 0 saturated carbocycles. The summed E-state index contributed by atoms with van der Waals surface area (Å²) in [7, 11) is 0. The minimum absolute atomic E-state index is 0.0319. The second kappa shape index (κ2) is 10.3. The molecule has 0 aliphatic rings. The lowest BCUT2D eigenvalue weighted by molar-refractivity contribution is 0.280. The monoisotopic (exact) mass is 377 g/mol. The van der Waals surface area contributed by atoms with E-state index in [2.05, 4.69) is 45.0 Å². The Bertz CT molecular complexity index is 872. The van der Waals surface area contributed by atoms with Gasteiger partial charge in [-0.3, -0.25) is 0 Å². The van der Waals surface area contributed by atoms with Gasteiger partial charge in [-0.2, -0.15) is 5.10 Å². The Labute approximate surface area is 165 Å². The highest BCUT2D eigenvalue weighted by molar-refractivity contribution is 5.79. The molecule has 0 aliphatic heterocycles. The molecule has 1 aromatic heterocycles. The third-order valence-corrected chi connectivity index (χ3v) is 4.45. The van der Waals surface area contributed by atoms with Crippen LogP contribution >= 0.6 is 0 Å². The van der Waals surface area contributed by atoms with Crippen LogP contribution in [0, 0.1) is 0 Å². The van der Waals surface area contributed by atoms with Crippen molar-refractivity contribution < 1.29 is 5.11 Å². The summed E-state index contributed by atoms with van der Waals surface area (Å²) in [6.45, 7) is 4.20. The first-order valence-corrected chi connectivity index (χ1v) is 9.59. The fourth-order valence-electron chi connectivity index (χ4n) is 2.93. The van der Waals surface area contributed by atoms with Crippen LogP contribution in [0.1, 0.15) is 23.6 Å². The van der Waals surface area contributed by atoms with E-state index in [1.54, 1.807) is 6.20 Å². The highest BCUT2D eigenvalue weighted by Gasteiger charge is 2.02. The number of hydrogen-bond acceptors (Lipinski definition) is 3. The Morgan fingerprint density at radius 3 is 2.50 bits per heavy atom. The molecule has 0 radical (unpaired) electrons. The lowest BCUT2D eigenvalue weighted by Gasteiger charge is -2.12. The van der Waals surface area contributed by atoms with E-state index >= 15 is 0 Å². The third kappa shape index (κ3) is 5.44. The molecule has 146 valence electrons. The fraction of sp³-hybridized carbons (Fsp3) is 0.273. The van der Waals surface area contributed by atoms with E-state index < -0.39 is 0 Å². The molecular formula is C22H27N5O. The van der Waals surface area contributed by atoms with Crippen LogP contribution in [0.5, 0.6) is 0 Å². The largest absolute Gasteiger partial charge is 0.392 e. The van der Waals surface area contributed by atoms with Crippen molar-refractivity contribution in [3.63, 3.8) is 0 Å². The van der Waals surface area contributed by atoms with Gasteiger partial charge in [0, 0.05) is 25.5 Å². The maximum Gasteiger partial charge on any atom is 0.191 e. The van der Waals surface area contributed by atoms with E-state index in [1.165, 1.54) is 5.56 Å². The van der Waals surface area contributed by atoms with E-state index in [1.807, 2.05) is 48.1 Å². The number of guanidine groups is 1. The van der Waals surface area contributed by atoms with Gasteiger partial charge >= 0.3 is 0 Å². The van der Waals surface area contributed by atoms with Crippen LogP contribution in [-0.4, -0.2) is 33.9 Å².